The molecule has 0 radical (unpaired) electrons. The Morgan fingerprint density at radius 2 is 0.423 bits per heavy atom. The third-order valence-electron chi connectivity index (χ3n) is 10.9. The molecule has 0 spiro atoms. The van der Waals surface area contributed by atoms with Gasteiger partial charge in [0, 0.05) is 105 Å². The van der Waals surface area contributed by atoms with Gasteiger partial charge in [0.1, 0.15) is 46.0 Å². The Hall–Kier alpha value is -4.80. The van der Waals surface area contributed by atoms with Crippen molar-refractivity contribution >= 4 is 0 Å². The summed E-state index contributed by atoms with van der Waals surface area (Å²) in [6, 6.07) is 6.92. The predicted octanol–water partition coefficient (Wildman–Crippen LogP) is 8.26. The number of benzene rings is 4. The standard InChI is InChI=1S/C40H48O8.2CH4O/c1-9-21-25-13-27(35(43)17(5)33(25)41)22(10-2)29-15-31(39(47)19(7)37(29)45)24(12-4)32-16-30(38(46)20(8)40(32)48)23(11-3)28-14-26(21)34(42)18(6)36(28)44;2*1-2/h13-16,21-24,41-48H,9-12H2,1-8H3;2*2H,1H3. The minimum atomic E-state index is -0.565. The van der Waals surface area contributed by atoms with Gasteiger partial charge >= 0.3 is 0 Å². The molecule has 8 bridgehead atoms. The highest BCUT2D eigenvalue weighted by atomic mass is 16.3. The van der Waals surface area contributed by atoms with Crippen LogP contribution in [0.2, 0.25) is 0 Å². The van der Waals surface area contributed by atoms with Crippen molar-refractivity contribution in [2.45, 2.75) is 105 Å². The molecule has 0 heterocycles. The zero-order valence-corrected chi connectivity index (χ0v) is 31.9. The molecule has 1 aliphatic carbocycles. The van der Waals surface area contributed by atoms with Crippen molar-refractivity contribution in [2.75, 3.05) is 14.2 Å². The number of fused-ring (bicyclic) bond motifs is 8. The number of hydrogen-bond acceptors (Lipinski definition) is 10. The Morgan fingerprint density at radius 3 is 0.519 bits per heavy atom. The molecule has 284 valence electrons. The fourth-order valence-corrected chi connectivity index (χ4v) is 7.95. The molecule has 0 amide bonds. The van der Waals surface area contributed by atoms with E-state index in [1.54, 1.807) is 52.0 Å². The lowest BCUT2D eigenvalue weighted by Crippen LogP contribution is -2.12. The average Bonchev–Trinajstić information content (AvgIpc) is 3.15. The highest BCUT2D eigenvalue weighted by Gasteiger charge is 2.34. The number of aliphatic hydroxyl groups excluding tert-OH is 2. The van der Waals surface area contributed by atoms with Gasteiger partial charge in [-0.1, -0.05) is 27.7 Å². The van der Waals surface area contributed by atoms with E-state index in [1.807, 2.05) is 27.7 Å². The maximum atomic E-state index is 11.5. The van der Waals surface area contributed by atoms with E-state index in [2.05, 4.69) is 0 Å². The van der Waals surface area contributed by atoms with Gasteiger partial charge < -0.3 is 51.1 Å². The Bertz CT molecular complexity index is 1540. The van der Waals surface area contributed by atoms with Gasteiger partial charge in [0.25, 0.3) is 0 Å². The zero-order valence-electron chi connectivity index (χ0n) is 31.9. The topological polar surface area (TPSA) is 202 Å². The number of hydrogen-bond donors (Lipinski definition) is 10. The first-order valence-electron chi connectivity index (χ1n) is 17.8. The first-order chi connectivity index (χ1) is 24.7. The minimum Gasteiger partial charge on any atom is -0.507 e. The molecule has 52 heavy (non-hydrogen) atoms. The third-order valence-corrected chi connectivity index (χ3v) is 10.9. The molecule has 0 saturated carbocycles. The Kier molecular flexibility index (Phi) is 13.4. The molecule has 0 fully saturated rings. The number of rotatable bonds is 4. The molecule has 0 saturated heterocycles. The lowest BCUT2D eigenvalue weighted by Gasteiger charge is -2.30. The summed E-state index contributed by atoms with van der Waals surface area (Å²) in [6.45, 7) is 14.2. The van der Waals surface area contributed by atoms with E-state index in [1.165, 1.54) is 0 Å². The molecule has 1 aliphatic rings. The van der Waals surface area contributed by atoms with Crippen LogP contribution in [0, 0.1) is 27.7 Å². The van der Waals surface area contributed by atoms with Crippen LogP contribution in [-0.4, -0.2) is 65.3 Å². The van der Waals surface area contributed by atoms with Crippen LogP contribution in [0.5, 0.6) is 46.0 Å². The second-order valence-corrected chi connectivity index (χ2v) is 13.4. The Morgan fingerprint density at radius 1 is 0.308 bits per heavy atom. The Labute approximate surface area is 306 Å². The summed E-state index contributed by atoms with van der Waals surface area (Å²) in [4.78, 5) is 0. The van der Waals surface area contributed by atoms with Crippen molar-refractivity contribution in [1.82, 2.24) is 0 Å². The van der Waals surface area contributed by atoms with Gasteiger partial charge in [-0.05, 0) is 77.6 Å². The number of phenols is 8. The van der Waals surface area contributed by atoms with E-state index in [4.69, 9.17) is 10.2 Å². The van der Waals surface area contributed by atoms with Gasteiger partial charge in [0.05, 0.1) is 0 Å². The van der Waals surface area contributed by atoms with Gasteiger partial charge in [0.2, 0.25) is 0 Å². The highest BCUT2D eigenvalue weighted by Crippen LogP contribution is 2.54. The molecular formula is C42H56O10. The second-order valence-electron chi connectivity index (χ2n) is 13.4. The van der Waals surface area contributed by atoms with Gasteiger partial charge in [-0.2, -0.15) is 0 Å². The summed E-state index contributed by atoms with van der Waals surface area (Å²) in [5.41, 5.74) is 4.79. The number of phenolic OH excluding ortho intramolecular Hbond substituents is 8. The summed E-state index contributed by atoms with van der Waals surface area (Å²) < 4.78 is 0. The Balaban J connectivity index is 0.00000176. The van der Waals surface area contributed by atoms with Crippen molar-refractivity contribution in [3.63, 3.8) is 0 Å². The van der Waals surface area contributed by atoms with Crippen LogP contribution in [0.25, 0.3) is 0 Å². The van der Waals surface area contributed by atoms with E-state index < -0.39 is 23.7 Å². The van der Waals surface area contributed by atoms with Gasteiger partial charge in [-0.15, -0.1) is 0 Å². The first kappa shape index (κ1) is 41.6. The van der Waals surface area contributed by atoms with Crippen LogP contribution in [0.3, 0.4) is 0 Å². The fraction of sp³-hybridized carbons (Fsp3) is 0.429. The molecule has 0 aromatic heterocycles. The van der Waals surface area contributed by atoms with Crippen molar-refractivity contribution in [2.24, 2.45) is 0 Å². The molecule has 0 unspecified atom stereocenters. The molecule has 10 N–H and O–H groups in total. The van der Waals surface area contributed by atoms with Gasteiger partial charge in [0.15, 0.2) is 0 Å². The molecule has 4 aromatic carbocycles. The summed E-state index contributed by atoms with van der Waals surface area (Å²) >= 11 is 0. The molecule has 0 aliphatic heterocycles. The van der Waals surface area contributed by atoms with Crippen molar-refractivity contribution in [3.05, 3.63) is 91.0 Å². The molecule has 4 aromatic rings. The predicted molar refractivity (Wildman–Crippen MR) is 203 cm³/mol. The SMILES string of the molecule is CCC1c2cc(c(O)c(C)c2O)C(CC)c2cc(c(O)c(C)c2O)C(CC)c2cc(c(O)c(C)c2O)C(CC)c2cc1c(O)c(C)c2O.CO.CO. The lowest BCUT2D eigenvalue weighted by molar-refractivity contribution is 0.399. The van der Waals surface area contributed by atoms with E-state index in [0.717, 1.165) is 14.2 Å². The normalized spacial score (nSPS) is 17.8. The number of aromatic hydroxyl groups is 8. The maximum absolute atomic E-state index is 11.5. The van der Waals surface area contributed by atoms with Crippen molar-refractivity contribution in [1.29, 1.82) is 0 Å². The van der Waals surface area contributed by atoms with Crippen LogP contribution in [0.4, 0.5) is 0 Å². The molecule has 10 nitrogen and oxygen atoms in total. The highest BCUT2D eigenvalue weighted by molar-refractivity contribution is 5.67. The minimum absolute atomic E-state index is 0.118. The first-order valence-corrected chi connectivity index (χ1v) is 17.8. The van der Waals surface area contributed by atoms with Gasteiger partial charge in [-0.25, -0.2) is 0 Å². The van der Waals surface area contributed by atoms with Crippen LogP contribution in [0.1, 0.15) is 144 Å². The van der Waals surface area contributed by atoms with Gasteiger partial charge in [-0.3, -0.25) is 0 Å². The summed E-state index contributed by atoms with van der Waals surface area (Å²) in [5.74, 6) is -3.21. The number of aliphatic hydroxyl groups is 2. The van der Waals surface area contributed by atoms with E-state index in [-0.39, 0.29) is 68.2 Å². The summed E-state index contributed by atoms with van der Waals surface area (Å²) in [5, 5.41) is 106. The second kappa shape index (κ2) is 16.7. The van der Waals surface area contributed by atoms with Crippen LogP contribution in [0.15, 0.2) is 24.3 Å². The van der Waals surface area contributed by atoms with E-state index in [0.29, 0.717) is 70.2 Å². The molecule has 5 rings (SSSR count). The third kappa shape index (κ3) is 6.65. The van der Waals surface area contributed by atoms with E-state index in [9.17, 15) is 40.9 Å². The lowest BCUT2D eigenvalue weighted by atomic mass is 9.76. The van der Waals surface area contributed by atoms with E-state index >= 15 is 0 Å². The van der Waals surface area contributed by atoms with Crippen LogP contribution in [-0.2, 0) is 0 Å². The van der Waals surface area contributed by atoms with Crippen molar-refractivity contribution in [3.8, 4) is 46.0 Å². The fourth-order valence-electron chi connectivity index (χ4n) is 7.95. The summed E-state index contributed by atoms with van der Waals surface area (Å²) in [6.07, 6.45) is 1.78. The van der Waals surface area contributed by atoms with Crippen molar-refractivity contribution < 1.29 is 51.1 Å². The molecular weight excluding hydrogens is 664 g/mol. The smallest absolute Gasteiger partial charge is 0.126 e. The monoisotopic (exact) mass is 720 g/mol. The summed E-state index contributed by atoms with van der Waals surface area (Å²) in [7, 11) is 2.00. The average molecular weight is 721 g/mol. The molecule has 0 atom stereocenters. The zero-order chi connectivity index (χ0) is 39.5. The van der Waals surface area contributed by atoms with Crippen LogP contribution < -0.4 is 0 Å². The van der Waals surface area contributed by atoms with Crippen LogP contribution >= 0.6 is 0 Å². The largest absolute Gasteiger partial charge is 0.507 e. The maximum Gasteiger partial charge on any atom is 0.126 e. The quantitative estimate of drug-likeness (QED) is 0.0978. The molecule has 10 heteroatoms.